The van der Waals surface area contributed by atoms with Crippen LogP contribution >= 0.6 is 0 Å². The molecule has 0 radical (unpaired) electrons. The Balaban J connectivity index is 3.79. The fourth-order valence-corrected chi connectivity index (χ4v) is 6.12. The third kappa shape index (κ3) is 11.5. The smallest absolute Gasteiger partial charge is 0.466 e. The summed E-state index contributed by atoms with van der Waals surface area (Å²) < 4.78 is 42.2. The highest BCUT2D eigenvalue weighted by Gasteiger charge is 2.37. The molecule has 0 N–H and O–H groups in total. The first-order valence-electron chi connectivity index (χ1n) is 9.98. The molecule has 10 nitrogen and oxygen atoms in total. The molecule has 0 atom stereocenters. The van der Waals surface area contributed by atoms with E-state index in [0.717, 1.165) is 0 Å². The van der Waals surface area contributed by atoms with E-state index in [1.807, 2.05) is 0 Å². The summed E-state index contributed by atoms with van der Waals surface area (Å²) in [4.78, 5) is 23.5. The molecule has 178 valence electrons. The molecule has 0 rings (SSSR count). The number of hydrogen-bond acceptors (Lipinski definition) is 10. The van der Waals surface area contributed by atoms with E-state index in [1.165, 1.54) is 0 Å². The minimum absolute atomic E-state index is 0.262. The van der Waals surface area contributed by atoms with Crippen LogP contribution in [-0.4, -0.2) is 85.4 Å². The van der Waals surface area contributed by atoms with Gasteiger partial charge in [0.1, 0.15) is 0 Å². The largest absolute Gasteiger partial charge is 0.500 e. The van der Waals surface area contributed by atoms with Crippen LogP contribution in [0, 0.1) is 0 Å². The van der Waals surface area contributed by atoms with Gasteiger partial charge in [0.2, 0.25) is 0 Å². The number of esters is 2. The zero-order chi connectivity index (χ0) is 22.9. The first kappa shape index (κ1) is 29.1. The van der Waals surface area contributed by atoms with Crippen molar-refractivity contribution in [3.8, 4) is 0 Å². The summed E-state index contributed by atoms with van der Waals surface area (Å²) >= 11 is 0. The quantitative estimate of drug-likeness (QED) is 0.158. The lowest BCUT2D eigenvalue weighted by Gasteiger charge is -2.24. The van der Waals surface area contributed by atoms with E-state index in [2.05, 4.69) is 0 Å². The molecule has 0 aliphatic carbocycles. The van der Waals surface area contributed by atoms with Gasteiger partial charge in [0.25, 0.3) is 0 Å². The van der Waals surface area contributed by atoms with Crippen molar-refractivity contribution in [3.05, 3.63) is 0 Å². The number of carbonyl (C=O) groups is 2. The molecule has 0 aliphatic heterocycles. The first-order chi connectivity index (χ1) is 14.4. The molecule has 0 unspecified atom stereocenters. The molecule has 0 bridgehead atoms. The molecular formula is C18H38O10Si2. The molecule has 0 saturated heterocycles. The molecule has 12 heteroatoms. The van der Waals surface area contributed by atoms with E-state index in [-0.39, 0.29) is 38.0 Å². The minimum Gasteiger partial charge on any atom is -0.466 e. The molecule has 0 aromatic carbocycles. The molecule has 0 aromatic heterocycles. The highest BCUT2D eigenvalue weighted by molar-refractivity contribution is 6.60. The number of carbonyl (C=O) groups excluding carboxylic acids is 2. The zero-order valence-electron chi connectivity index (χ0n) is 19.2. The Bertz CT molecular complexity index is 411. The van der Waals surface area contributed by atoms with Crippen molar-refractivity contribution >= 4 is 29.5 Å². The van der Waals surface area contributed by atoms with Gasteiger partial charge in [-0.2, -0.15) is 0 Å². The molecule has 0 aliphatic rings. The third-order valence-electron chi connectivity index (χ3n) is 4.66. The van der Waals surface area contributed by atoms with Crippen LogP contribution in [0.5, 0.6) is 0 Å². The number of unbranched alkanes of at least 4 members (excludes halogenated alkanes) is 1. The minimum atomic E-state index is -2.63. The Hall–Kier alpha value is -0.866. The van der Waals surface area contributed by atoms with Gasteiger partial charge in [-0.15, -0.1) is 0 Å². The molecule has 30 heavy (non-hydrogen) atoms. The Morgan fingerprint density at radius 1 is 0.533 bits per heavy atom. The van der Waals surface area contributed by atoms with Crippen LogP contribution in [0.3, 0.4) is 0 Å². The maximum Gasteiger partial charge on any atom is 0.500 e. The predicted octanol–water partition coefficient (Wildman–Crippen LogP) is 2.17. The standard InChI is InChI=1S/C18H38O10Si2/c1-21-29(22-2,23-3)15-9-13-27-17(19)11-7-8-12-18(20)28-14-10-16-30(24-4,25-5)26-6/h7-16H2,1-6H3. The second kappa shape index (κ2) is 16.8. The number of hydrogen-bond donors (Lipinski definition) is 0. The Morgan fingerprint density at radius 3 is 1.10 bits per heavy atom. The fourth-order valence-electron chi connectivity index (χ4n) is 2.74. The van der Waals surface area contributed by atoms with Crippen molar-refractivity contribution in [2.45, 2.75) is 50.6 Å². The maximum absolute atomic E-state index is 11.8. The third-order valence-corrected chi connectivity index (χ3v) is 10.3. The lowest BCUT2D eigenvalue weighted by Crippen LogP contribution is -2.42. The van der Waals surface area contributed by atoms with Crippen molar-refractivity contribution in [1.29, 1.82) is 0 Å². The molecule has 0 saturated carbocycles. The van der Waals surface area contributed by atoms with E-state index >= 15 is 0 Å². The Kier molecular flexibility index (Phi) is 16.3. The SMILES string of the molecule is CO[Si](CCCOC(=O)CCCCC(=O)OCCC[Si](OC)(OC)OC)(OC)OC. The topological polar surface area (TPSA) is 108 Å². The Morgan fingerprint density at radius 2 is 0.833 bits per heavy atom. The second-order valence-corrected chi connectivity index (χ2v) is 12.6. The lowest BCUT2D eigenvalue weighted by atomic mass is 10.2. The maximum atomic E-state index is 11.8. The number of ether oxygens (including phenoxy) is 2. The monoisotopic (exact) mass is 470 g/mol. The highest BCUT2D eigenvalue weighted by atomic mass is 28.4. The lowest BCUT2D eigenvalue weighted by molar-refractivity contribution is -0.146. The van der Waals surface area contributed by atoms with E-state index in [4.69, 9.17) is 36.0 Å². The predicted molar refractivity (Wildman–Crippen MR) is 113 cm³/mol. The summed E-state index contributed by atoms with van der Waals surface area (Å²) in [5.41, 5.74) is 0. The van der Waals surface area contributed by atoms with Crippen LogP contribution in [0.1, 0.15) is 38.5 Å². The molecule has 0 spiro atoms. The van der Waals surface area contributed by atoms with Gasteiger partial charge >= 0.3 is 29.5 Å². The van der Waals surface area contributed by atoms with Gasteiger partial charge < -0.3 is 36.0 Å². The summed E-state index contributed by atoms with van der Waals surface area (Å²) in [6.07, 6.45) is 2.84. The van der Waals surface area contributed by atoms with E-state index in [9.17, 15) is 9.59 Å². The van der Waals surface area contributed by atoms with E-state index in [0.29, 0.717) is 37.8 Å². The van der Waals surface area contributed by atoms with Crippen molar-refractivity contribution in [2.75, 3.05) is 55.9 Å². The fraction of sp³-hybridized carbons (Fsp3) is 0.889. The Labute approximate surface area is 182 Å². The van der Waals surface area contributed by atoms with Crippen LogP contribution in [0.25, 0.3) is 0 Å². The second-order valence-electron chi connectivity index (χ2n) is 6.45. The van der Waals surface area contributed by atoms with E-state index < -0.39 is 17.6 Å². The molecular weight excluding hydrogens is 432 g/mol. The highest BCUT2D eigenvalue weighted by Crippen LogP contribution is 2.16. The average molecular weight is 471 g/mol. The van der Waals surface area contributed by atoms with Crippen LogP contribution < -0.4 is 0 Å². The van der Waals surface area contributed by atoms with Gasteiger partial charge in [-0.25, -0.2) is 0 Å². The van der Waals surface area contributed by atoms with Gasteiger partial charge in [0.05, 0.1) is 13.2 Å². The van der Waals surface area contributed by atoms with Gasteiger partial charge in [-0.3, -0.25) is 9.59 Å². The summed E-state index contributed by atoms with van der Waals surface area (Å²) in [6, 6.07) is 1.14. The van der Waals surface area contributed by atoms with Gasteiger partial charge in [-0.1, -0.05) is 0 Å². The summed E-state index contributed by atoms with van der Waals surface area (Å²) in [5.74, 6) is -0.578. The van der Waals surface area contributed by atoms with Crippen LogP contribution in [0.15, 0.2) is 0 Å². The molecule has 0 heterocycles. The van der Waals surface area contributed by atoms with Crippen LogP contribution in [0.4, 0.5) is 0 Å². The summed E-state index contributed by atoms with van der Waals surface area (Å²) in [7, 11) is 4.02. The molecule has 0 aromatic rings. The van der Waals surface area contributed by atoms with E-state index in [1.54, 1.807) is 42.7 Å². The first-order valence-corrected chi connectivity index (χ1v) is 13.8. The molecule has 0 amide bonds. The summed E-state index contributed by atoms with van der Waals surface area (Å²) in [6.45, 7) is 0.557. The zero-order valence-corrected chi connectivity index (χ0v) is 21.2. The van der Waals surface area contributed by atoms with Crippen molar-refractivity contribution in [1.82, 2.24) is 0 Å². The number of rotatable bonds is 19. The van der Waals surface area contributed by atoms with Gasteiger partial charge in [0.15, 0.2) is 0 Å². The van der Waals surface area contributed by atoms with Crippen LogP contribution in [-0.2, 0) is 45.6 Å². The van der Waals surface area contributed by atoms with Crippen LogP contribution in [0.2, 0.25) is 12.1 Å². The van der Waals surface area contributed by atoms with Crippen molar-refractivity contribution in [2.24, 2.45) is 0 Å². The van der Waals surface area contributed by atoms with Crippen molar-refractivity contribution in [3.63, 3.8) is 0 Å². The normalized spacial score (nSPS) is 12.1. The molecule has 0 fully saturated rings. The van der Waals surface area contributed by atoms with Crippen molar-refractivity contribution < 1.29 is 45.6 Å². The van der Waals surface area contributed by atoms with Gasteiger partial charge in [-0.05, 0) is 25.7 Å². The average Bonchev–Trinajstić information content (AvgIpc) is 2.78. The van der Waals surface area contributed by atoms with Gasteiger partial charge in [0, 0.05) is 67.6 Å². The summed E-state index contributed by atoms with van der Waals surface area (Å²) in [5, 5.41) is 0.